The molecule has 1 aliphatic carbocycles. The molecule has 0 amide bonds. The third kappa shape index (κ3) is 3.13. The molecule has 0 spiro atoms. The lowest BCUT2D eigenvalue weighted by atomic mass is 9.74. The Balaban J connectivity index is 2.21. The number of hydrogen-bond donors (Lipinski definition) is 0. The van der Waals surface area contributed by atoms with Gasteiger partial charge in [0.2, 0.25) is 0 Å². The number of hydrogen-bond acceptors (Lipinski definition) is 3. The SMILES string of the molecule is COC(=O)C1CC(OC)CCC1c1ccc(F)cc1. The van der Waals surface area contributed by atoms with Crippen LogP contribution in [0.25, 0.3) is 0 Å². The van der Waals surface area contributed by atoms with E-state index >= 15 is 0 Å². The Kier molecular flexibility index (Phi) is 4.53. The minimum atomic E-state index is -0.260. The first-order valence-electron chi connectivity index (χ1n) is 6.51. The summed E-state index contributed by atoms with van der Waals surface area (Å²) in [5, 5.41) is 0. The van der Waals surface area contributed by atoms with Gasteiger partial charge in [0.1, 0.15) is 5.82 Å². The van der Waals surface area contributed by atoms with Gasteiger partial charge in [0.15, 0.2) is 0 Å². The minimum absolute atomic E-state index is 0.0828. The van der Waals surface area contributed by atoms with Crippen molar-refractivity contribution in [2.75, 3.05) is 14.2 Å². The van der Waals surface area contributed by atoms with Crippen LogP contribution in [0, 0.1) is 11.7 Å². The van der Waals surface area contributed by atoms with Gasteiger partial charge in [-0.3, -0.25) is 4.79 Å². The maximum Gasteiger partial charge on any atom is 0.309 e. The van der Waals surface area contributed by atoms with Crippen LogP contribution < -0.4 is 0 Å². The highest BCUT2D eigenvalue weighted by molar-refractivity contribution is 5.73. The van der Waals surface area contributed by atoms with E-state index in [1.54, 1.807) is 19.2 Å². The van der Waals surface area contributed by atoms with Crippen molar-refractivity contribution in [2.45, 2.75) is 31.3 Å². The second kappa shape index (κ2) is 6.15. The van der Waals surface area contributed by atoms with Crippen molar-refractivity contribution < 1.29 is 18.7 Å². The Morgan fingerprint density at radius 3 is 2.47 bits per heavy atom. The first-order chi connectivity index (χ1) is 9.15. The summed E-state index contributed by atoms with van der Waals surface area (Å²) in [4.78, 5) is 11.9. The minimum Gasteiger partial charge on any atom is -0.469 e. The van der Waals surface area contributed by atoms with Gasteiger partial charge < -0.3 is 9.47 Å². The van der Waals surface area contributed by atoms with Crippen molar-refractivity contribution in [1.82, 2.24) is 0 Å². The van der Waals surface area contributed by atoms with E-state index in [9.17, 15) is 9.18 Å². The molecule has 0 N–H and O–H groups in total. The van der Waals surface area contributed by atoms with Crippen molar-refractivity contribution in [3.8, 4) is 0 Å². The quantitative estimate of drug-likeness (QED) is 0.789. The molecule has 1 aliphatic rings. The van der Waals surface area contributed by atoms with E-state index in [2.05, 4.69) is 0 Å². The van der Waals surface area contributed by atoms with Crippen LogP contribution in [0.2, 0.25) is 0 Å². The zero-order valence-electron chi connectivity index (χ0n) is 11.3. The third-order valence-corrected chi connectivity index (χ3v) is 3.94. The van der Waals surface area contributed by atoms with E-state index in [-0.39, 0.29) is 29.7 Å². The van der Waals surface area contributed by atoms with Gasteiger partial charge in [0, 0.05) is 7.11 Å². The van der Waals surface area contributed by atoms with Crippen LogP contribution in [-0.2, 0) is 14.3 Å². The molecule has 1 aromatic rings. The van der Waals surface area contributed by atoms with Crippen molar-refractivity contribution in [3.05, 3.63) is 35.6 Å². The number of rotatable bonds is 3. The van der Waals surface area contributed by atoms with Gasteiger partial charge in [0.25, 0.3) is 0 Å². The number of methoxy groups -OCH3 is 2. The highest BCUT2D eigenvalue weighted by atomic mass is 19.1. The van der Waals surface area contributed by atoms with E-state index in [4.69, 9.17) is 9.47 Å². The molecule has 0 saturated heterocycles. The highest BCUT2D eigenvalue weighted by Gasteiger charge is 2.36. The van der Waals surface area contributed by atoms with E-state index in [1.165, 1.54) is 19.2 Å². The van der Waals surface area contributed by atoms with Crippen LogP contribution in [0.3, 0.4) is 0 Å². The normalized spacial score (nSPS) is 27.0. The molecule has 0 aliphatic heterocycles. The molecule has 4 heteroatoms. The maximum absolute atomic E-state index is 13.0. The standard InChI is InChI=1S/C15H19FO3/c1-18-12-7-8-13(14(9-12)15(17)19-2)10-3-5-11(16)6-4-10/h3-6,12-14H,7-9H2,1-2H3. The summed E-state index contributed by atoms with van der Waals surface area (Å²) < 4.78 is 23.2. The Bertz CT molecular complexity index is 430. The number of carbonyl (C=O) groups excluding carboxylic acids is 1. The third-order valence-electron chi connectivity index (χ3n) is 3.94. The first kappa shape index (κ1) is 14.0. The Morgan fingerprint density at radius 2 is 1.89 bits per heavy atom. The molecule has 1 saturated carbocycles. The molecule has 3 unspecified atom stereocenters. The predicted octanol–water partition coefficient (Wildman–Crippen LogP) is 2.90. The number of benzene rings is 1. The van der Waals surface area contributed by atoms with Gasteiger partial charge >= 0.3 is 5.97 Å². The van der Waals surface area contributed by atoms with Crippen LogP contribution in [0.15, 0.2) is 24.3 Å². The molecular formula is C15H19FO3. The summed E-state index contributed by atoms with van der Waals surface area (Å²) in [6, 6.07) is 6.38. The summed E-state index contributed by atoms with van der Waals surface area (Å²) in [6.07, 6.45) is 2.52. The number of ether oxygens (including phenoxy) is 2. The largest absolute Gasteiger partial charge is 0.469 e. The van der Waals surface area contributed by atoms with Crippen molar-refractivity contribution >= 4 is 5.97 Å². The van der Waals surface area contributed by atoms with E-state index in [1.807, 2.05) is 0 Å². The molecule has 3 nitrogen and oxygen atoms in total. The van der Waals surface area contributed by atoms with Gasteiger partial charge in [-0.05, 0) is 42.9 Å². The van der Waals surface area contributed by atoms with Crippen LogP contribution >= 0.6 is 0 Å². The van der Waals surface area contributed by atoms with E-state index in [0.717, 1.165) is 18.4 Å². The van der Waals surface area contributed by atoms with Crippen molar-refractivity contribution in [1.29, 1.82) is 0 Å². The Morgan fingerprint density at radius 1 is 1.21 bits per heavy atom. The second-order valence-corrected chi connectivity index (χ2v) is 4.96. The second-order valence-electron chi connectivity index (χ2n) is 4.96. The molecular weight excluding hydrogens is 247 g/mol. The Labute approximate surface area is 112 Å². The van der Waals surface area contributed by atoms with Crippen molar-refractivity contribution in [2.24, 2.45) is 5.92 Å². The summed E-state index contributed by atoms with van der Waals surface area (Å²) >= 11 is 0. The van der Waals surface area contributed by atoms with Gasteiger partial charge in [-0.25, -0.2) is 4.39 Å². The maximum atomic E-state index is 13.0. The average Bonchev–Trinajstić information content (AvgIpc) is 2.46. The highest BCUT2D eigenvalue weighted by Crippen LogP contribution is 2.39. The smallest absolute Gasteiger partial charge is 0.309 e. The zero-order chi connectivity index (χ0) is 13.8. The van der Waals surface area contributed by atoms with E-state index in [0.29, 0.717) is 6.42 Å². The molecule has 0 radical (unpaired) electrons. The van der Waals surface area contributed by atoms with Gasteiger partial charge in [-0.2, -0.15) is 0 Å². The van der Waals surface area contributed by atoms with Gasteiger partial charge in [-0.1, -0.05) is 12.1 Å². The lowest BCUT2D eigenvalue weighted by Gasteiger charge is -2.34. The zero-order valence-corrected chi connectivity index (χ0v) is 11.3. The molecule has 1 aromatic carbocycles. The number of halogens is 1. The molecule has 3 atom stereocenters. The summed E-state index contributed by atoms with van der Waals surface area (Å²) in [6.45, 7) is 0. The fourth-order valence-corrected chi connectivity index (χ4v) is 2.87. The lowest BCUT2D eigenvalue weighted by Crippen LogP contribution is -2.33. The van der Waals surface area contributed by atoms with Crippen LogP contribution in [-0.4, -0.2) is 26.3 Å². The molecule has 0 heterocycles. The molecule has 1 fully saturated rings. The monoisotopic (exact) mass is 266 g/mol. The van der Waals surface area contributed by atoms with E-state index < -0.39 is 0 Å². The fraction of sp³-hybridized carbons (Fsp3) is 0.533. The van der Waals surface area contributed by atoms with Gasteiger partial charge in [0.05, 0.1) is 19.1 Å². The fourth-order valence-electron chi connectivity index (χ4n) is 2.87. The van der Waals surface area contributed by atoms with Crippen molar-refractivity contribution in [3.63, 3.8) is 0 Å². The Hall–Kier alpha value is -1.42. The lowest BCUT2D eigenvalue weighted by molar-refractivity contribution is -0.149. The molecule has 104 valence electrons. The summed E-state index contributed by atoms with van der Waals surface area (Å²) in [5.74, 6) is -0.603. The number of carbonyl (C=O) groups is 1. The molecule has 0 aromatic heterocycles. The first-order valence-corrected chi connectivity index (χ1v) is 6.51. The topological polar surface area (TPSA) is 35.5 Å². The predicted molar refractivity (Wildman–Crippen MR) is 69.3 cm³/mol. The van der Waals surface area contributed by atoms with Crippen LogP contribution in [0.1, 0.15) is 30.7 Å². The summed E-state index contributed by atoms with van der Waals surface area (Å²) in [7, 11) is 3.07. The molecule has 0 bridgehead atoms. The van der Waals surface area contributed by atoms with Crippen LogP contribution in [0.4, 0.5) is 4.39 Å². The average molecular weight is 266 g/mol. The van der Waals surface area contributed by atoms with Crippen LogP contribution in [0.5, 0.6) is 0 Å². The van der Waals surface area contributed by atoms with Gasteiger partial charge in [-0.15, -0.1) is 0 Å². The molecule has 19 heavy (non-hydrogen) atoms. The molecule has 2 rings (SSSR count). The number of esters is 1. The summed E-state index contributed by atoms with van der Waals surface area (Å²) in [5.41, 5.74) is 0.992.